The molecule has 0 spiro atoms. The van der Waals surface area contributed by atoms with Crippen LogP contribution in [0.15, 0.2) is 30.3 Å². The van der Waals surface area contributed by atoms with Gasteiger partial charge in [-0.15, -0.1) is 0 Å². The number of nitrogens with zero attached hydrogens (tertiary/aromatic N) is 2. The fraction of sp³-hybridized carbons (Fsp3) is 0.333. The van der Waals surface area contributed by atoms with Crippen molar-refractivity contribution in [2.24, 2.45) is 0 Å². The first-order valence-corrected chi connectivity index (χ1v) is 6.68. The molecular weight excluding hydrogens is 270 g/mol. The van der Waals surface area contributed by atoms with Crippen LogP contribution in [-0.4, -0.2) is 23.7 Å². The van der Waals surface area contributed by atoms with Crippen LogP contribution in [0, 0.1) is 0 Å². The fourth-order valence-corrected chi connectivity index (χ4v) is 1.70. The topological polar surface area (TPSA) is 79.5 Å². The van der Waals surface area contributed by atoms with E-state index in [0.717, 1.165) is 11.3 Å². The molecule has 112 valence electrons. The number of aromatic nitrogens is 2. The lowest BCUT2D eigenvalue weighted by atomic mass is 10.2. The van der Waals surface area contributed by atoms with Gasteiger partial charge in [0, 0.05) is 12.7 Å². The zero-order valence-corrected chi connectivity index (χ0v) is 12.2. The van der Waals surface area contributed by atoms with Gasteiger partial charge in [-0.2, -0.15) is 4.98 Å². The number of benzene rings is 1. The maximum absolute atomic E-state index is 5.73. The molecule has 0 aliphatic carbocycles. The van der Waals surface area contributed by atoms with Gasteiger partial charge >= 0.3 is 0 Å². The van der Waals surface area contributed by atoms with Crippen LogP contribution in [0.4, 0.5) is 5.82 Å². The molecular formula is C15H19N3O3. The second kappa shape index (κ2) is 7.44. The minimum Gasteiger partial charge on any atom is -0.497 e. The van der Waals surface area contributed by atoms with Crippen molar-refractivity contribution in [1.29, 1.82) is 0 Å². The third kappa shape index (κ3) is 4.61. The lowest BCUT2D eigenvalue weighted by Gasteiger charge is -2.08. The maximum atomic E-state index is 5.73. The highest BCUT2D eigenvalue weighted by atomic mass is 16.5. The molecule has 1 heterocycles. The summed E-state index contributed by atoms with van der Waals surface area (Å²) in [6.07, 6.45) is 0. The van der Waals surface area contributed by atoms with E-state index >= 15 is 0 Å². The molecule has 2 rings (SSSR count). The number of methoxy groups -OCH3 is 1. The number of rotatable bonds is 7. The summed E-state index contributed by atoms with van der Waals surface area (Å²) in [4.78, 5) is 8.35. The predicted molar refractivity (Wildman–Crippen MR) is 79.1 cm³/mol. The zero-order chi connectivity index (χ0) is 15.1. The second-order valence-electron chi connectivity index (χ2n) is 4.32. The predicted octanol–water partition coefficient (Wildman–Crippen LogP) is 2.18. The molecule has 0 atom stereocenters. The third-order valence-electron chi connectivity index (χ3n) is 2.75. The van der Waals surface area contributed by atoms with Crippen LogP contribution in [0.25, 0.3) is 0 Å². The minimum atomic E-state index is 0.320. The van der Waals surface area contributed by atoms with Gasteiger partial charge in [-0.1, -0.05) is 12.1 Å². The maximum Gasteiger partial charge on any atom is 0.219 e. The highest BCUT2D eigenvalue weighted by Gasteiger charge is 2.04. The first kappa shape index (κ1) is 15.1. The molecule has 0 aliphatic heterocycles. The molecule has 6 heteroatoms. The smallest absolute Gasteiger partial charge is 0.219 e. The van der Waals surface area contributed by atoms with Gasteiger partial charge in [-0.3, -0.25) is 0 Å². The summed E-state index contributed by atoms with van der Waals surface area (Å²) in [7, 11) is 1.63. The number of hydrogen-bond acceptors (Lipinski definition) is 6. The van der Waals surface area contributed by atoms with E-state index in [2.05, 4.69) is 9.97 Å². The van der Waals surface area contributed by atoms with Gasteiger partial charge in [-0.25, -0.2) is 4.98 Å². The van der Waals surface area contributed by atoms with Crippen molar-refractivity contribution in [3.8, 4) is 11.6 Å². The molecule has 1 aromatic heterocycles. The Balaban J connectivity index is 1.99. The van der Waals surface area contributed by atoms with E-state index in [-0.39, 0.29) is 0 Å². The molecule has 0 radical (unpaired) electrons. The molecule has 0 aliphatic rings. The van der Waals surface area contributed by atoms with Crippen molar-refractivity contribution in [3.63, 3.8) is 0 Å². The lowest BCUT2D eigenvalue weighted by Crippen LogP contribution is -2.05. The van der Waals surface area contributed by atoms with E-state index in [0.29, 0.717) is 37.3 Å². The van der Waals surface area contributed by atoms with Crippen LogP contribution < -0.4 is 15.2 Å². The summed E-state index contributed by atoms with van der Waals surface area (Å²) in [5, 5.41) is 0. The molecule has 0 fully saturated rings. The van der Waals surface area contributed by atoms with Crippen molar-refractivity contribution < 1.29 is 14.2 Å². The van der Waals surface area contributed by atoms with Crippen molar-refractivity contribution in [2.75, 3.05) is 19.5 Å². The van der Waals surface area contributed by atoms with E-state index in [4.69, 9.17) is 19.9 Å². The lowest BCUT2D eigenvalue weighted by molar-refractivity contribution is 0.127. The molecule has 0 saturated carbocycles. The van der Waals surface area contributed by atoms with Crippen LogP contribution in [0.5, 0.6) is 11.6 Å². The Hall–Kier alpha value is -2.34. The fourth-order valence-electron chi connectivity index (χ4n) is 1.70. The summed E-state index contributed by atoms with van der Waals surface area (Å²) in [5.41, 5.74) is 6.75. The molecule has 2 N–H and O–H groups in total. The normalized spacial score (nSPS) is 10.4. The van der Waals surface area contributed by atoms with Crippen molar-refractivity contribution in [3.05, 3.63) is 41.7 Å². The summed E-state index contributed by atoms with van der Waals surface area (Å²) < 4.78 is 16.0. The highest BCUT2D eigenvalue weighted by Crippen LogP contribution is 2.15. The van der Waals surface area contributed by atoms with Gasteiger partial charge in [0.2, 0.25) is 5.88 Å². The van der Waals surface area contributed by atoms with Gasteiger partial charge in [0.05, 0.1) is 7.11 Å². The van der Waals surface area contributed by atoms with E-state index in [1.807, 2.05) is 31.2 Å². The Morgan fingerprint density at radius 1 is 1.10 bits per heavy atom. The van der Waals surface area contributed by atoms with Gasteiger partial charge < -0.3 is 19.9 Å². The van der Waals surface area contributed by atoms with Crippen molar-refractivity contribution in [1.82, 2.24) is 9.97 Å². The van der Waals surface area contributed by atoms with Crippen molar-refractivity contribution >= 4 is 5.82 Å². The Bertz CT molecular complexity index is 573. The molecule has 21 heavy (non-hydrogen) atoms. The zero-order valence-electron chi connectivity index (χ0n) is 12.2. The Labute approximate surface area is 123 Å². The molecule has 0 bridgehead atoms. The van der Waals surface area contributed by atoms with Crippen LogP contribution in [0.2, 0.25) is 0 Å². The third-order valence-corrected chi connectivity index (χ3v) is 2.75. The summed E-state index contributed by atoms with van der Waals surface area (Å²) in [5.74, 6) is 2.13. The quantitative estimate of drug-likeness (QED) is 0.841. The van der Waals surface area contributed by atoms with E-state index in [1.54, 1.807) is 13.2 Å². The Morgan fingerprint density at radius 3 is 2.52 bits per heavy atom. The monoisotopic (exact) mass is 289 g/mol. The van der Waals surface area contributed by atoms with Gasteiger partial charge in [-0.05, 0) is 24.6 Å². The molecule has 0 amide bonds. The van der Waals surface area contributed by atoms with E-state index in [1.165, 1.54) is 0 Å². The minimum absolute atomic E-state index is 0.320. The second-order valence-corrected chi connectivity index (χ2v) is 4.32. The molecule has 6 nitrogen and oxygen atoms in total. The Kier molecular flexibility index (Phi) is 5.34. The standard InChI is InChI=1S/C15H19N3O3/c1-3-20-10-14-17-13(16)8-15(18-14)21-9-11-4-6-12(19-2)7-5-11/h4-8H,3,9-10H2,1-2H3,(H2,16,17,18). The van der Waals surface area contributed by atoms with Crippen LogP contribution >= 0.6 is 0 Å². The summed E-state index contributed by atoms with van der Waals surface area (Å²) >= 11 is 0. The number of nitrogen functional groups attached to an aromatic ring is 1. The average Bonchev–Trinajstić information content (AvgIpc) is 2.51. The number of hydrogen-bond donors (Lipinski definition) is 1. The van der Waals surface area contributed by atoms with Crippen LogP contribution in [0.3, 0.4) is 0 Å². The first-order chi connectivity index (χ1) is 10.2. The highest BCUT2D eigenvalue weighted by molar-refractivity contribution is 5.33. The SMILES string of the molecule is CCOCc1nc(N)cc(OCc2ccc(OC)cc2)n1. The van der Waals surface area contributed by atoms with Gasteiger partial charge in [0.1, 0.15) is 24.8 Å². The van der Waals surface area contributed by atoms with Gasteiger partial charge in [0.25, 0.3) is 0 Å². The number of ether oxygens (including phenoxy) is 3. The largest absolute Gasteiger partial charge is 0.497 e. The average molecular weight is 289 g/mol. The summed E-state index contributed by atoms with van der Waals surface area (Å²) in [6.45, 7) is 3.22. The van der Waals surface area contributed by atoms with Gasteiger partial charge in [0.15, 0.2) is 5.82 Å². The molecule has 1 aromatic carbocycles. The molecule has 2 aromatic rings. The number of anilines is 1. The molecule has 0 saturated heterocycles. The Morgan fingerprint density at radius 2 is 1.86 bits per heavy atom. The van der Waals surface area contributed by atoms with E-state index in [9.17, 15) is 0 Å². The van der Waals surface area contributed by atoms with Crippen molar-refractivity contribution in [2.45, 2.75) is 20.1 Å². The van der Waals surface area contributed by atoms with Crippen LogP contribution in [0.1, 0.15) is 18.3 Å². The number of nitrogens with two attached hydrogens (primary N) is 1. The summed E-state index contributed by atoms with van der Waals surface area (Å²) in [6, 6.07) is 9.23. The van der Waals surface area contributed by atoms with Crippen LogP contribution in [-0.2, 0) is 18.0 Å². The molecule has 0 unspecified atom stereocenters. The first-order valence-electron chi connectivity index (χ1n) is 6.68. The van der Waals surface area contributed by atoms with E-state index < -0.39 is 0 Å².